The van der Waals surface area contributed by atoms with Gasteiger partial charge in [-0.05, 0) is 81.0 Å². The Morgan fingerprint density at radius 2 is 1.64 bits per heavy atom. The van der Waals surface area contributed by atoms with E-state index in [9.17, 15) is 42.9 Å². The monoisotopic (exact) mass is 818 g/mol. The average molecular weight is 819 g/mol. The molecule has 2 N–H and O–H groups in total. The van der Waals surface area contributed by atoms with Crippen LogP contribution < -0.4 is 25.2 Å². The number of halogens is 4. The molecule has 18 heteroatoms. The van der Waals surface area contributed by atoms with E-state index in [4.69, 9.17) is 17.0 Å². The highest BCUT2D eigenvalue weighted by molar-refractivity contribution is 7.81. The molecule has 1 atom stereocenters. The Morgan fingerprint density at radius 3 is 2.29 bits per heavy atom. The van der Waals surface area contributed by atoms with Crippen LogP contribution in [0.5, 0.6) is 5.75 Å². The lowest BCUT2D eigenvalue weighted by Crippen LogP contribution is -2.49. The maximum atomic E-state index is 15.4. The van der Waals surface area contributed by atoms with Crippen molar-refractivity contribution in [3.05, 3.63) is 77.1 Å². The number of ether oxygens (including phenoxy) is 1. The second-order valence-corrected chi connectivity index (χ2v) is 15.0. The molecule has 0 bridgehead atoms. The number of anilines is 4. The summed E-state index contributed by atoms with van der Waals surface area (Å²) in [6.45, 7) is 6.12. The minimum atomic E-state index is -4.85. The van der Waals surface area contributed by atoms with E-state index in [0.717, 1.165) is 17.0 Å². The van der Waals surface area contributed by atoms with Gasteiger partial charge in [-0.15, -0.1) is 0 Å². The molecule has 3 fully saturated rings. The van der Waals surface area contributed by atoms with Crippen LogP contribution in [0, 0.1) is 28.5 Å². The Hall–Kier alpha value is -5.95. The second kappa shape index (κ2) is 16.9. The van der Waals surface area contributed by atoms with Gasteiger partial charge in [-0.25, -0.2) is 4.39 Å². The summed E-state index contributed by atoms with van der Waals surface area (Å²) < 4.78 is 62.2. The Balaban J connectivity index is 0.990. The van der Waals surface area contributed by atoms with E-state index in [-0.39, 0.29) is 59.3 Å². The lowest BCUT2D eigenvalue weighted by molar-refractivity contribution is -0.138. The molecule has 2 heterocycles. The fraction of sp³-hybridized carbons (Fsp3) is 0.375. The Bertz CT molecular complexity index is 2250. The van der Waals surface area contributed by atoms with Crippen molar-refractivity contribution in [1.29, 1.82) is 10.5 Å². The Kier molecular flexibility index (Phi) is 12.1. The van der Waals surface area contributed by atoms with E-state index in [0.29, 0.717) is 68.6 Å². The first-order chi connectivity index (χ1) is 27.5. The number of alkyl halides is 3. The summed E-state index contributed by atoms with van der Waals surface area (Å²) in [6, 6.07) is 14.7. The third-order valence-electron chi connectivity index (χ3n) is 10.2. The molecule has 2 amide bonds. The number of carbonyl (C=O) groups excluding carboxylic acids is 4. The number of Topliss-reactive ketones (excluding diaryl/α,β-unsaturated/α-hetero) is 2. The van der Waals surface area contributed by atoms with Crippen molar-refractivity contribution < 1.29 is 41.5 Å². The molecule has 2 saturated heterocycles. The van der Waals surface area contributed by atoms with Gasteiger partial charge in [-0.1, -0.05) is 0 Å². The zero-order valence-electron chi connectivity index (χ0n) is 31.5. The zero-order chi connectivity index (χ0) is 41.9. The van der Waals surface area contributed by atoms with Crippen LogP contribution in [0.3, 0.4) is 0 Å². The third kappa shape index (κ3) is 9.10. The summed E-state index contributed by atoms with van der Waals surface area (Å²) in [4.78, 5) is 56.7. The number of ketones is 2. The van der Waals surface area contributed by atoms with Crippen molar-refractivity contribution in [2.45, 2.75) is 50.9 Å². The van der Waals surface area contributed by atoms with Gasteiger partial charge in [-0.2, -0.15) is 23.7 Å². The van der Waals surface area contributed by atoms with E-state index >= 15 is 4.39 Å². The molecule has 1 aliphatic carbocycles. The number of amides is 2. The van der Waals surface area contributed by atoms with Crippen molar-refractivity contribution in [2.75, 3.05) is 66.3 Å². The molecule has 3 aromatic rings. The number of carbonyl (C=O) groups is 4. The molecule has 1 unspecified atom stereocenters. The van der Waals surface area contributed by atoms with E-state index in [1.165, 1.54) is 49.1 Å². The van der Waals surface area contributed by atoms with Crippen LogP contribution in [0.15, 0.2) is 54.6 Å². The molecule has 0 aromatic heterocycles. The van der Waals surface area contributed by atoms with Gasteiger partial charge >= 0.3 is 6.18 Å². The molecular weight excluding hydrogens is 781 g/mol. The zero-order valence-corrected chi connectivity index (χ0v) is 32.3. The van der Waals surface area contributed by atoms with Gasteiger partial charge in [0, 0.05) is 62.3 Å². The number of nitrogens with one attached hydrogen (secondary N) is 2. The summed E-state index contributed by atoms with van der Waals surface area (Å²) in [6.07, 6.45) is -4.32. The molecule has 58 heavy (non-hydrogen) atoms. The van der Waals surface area contributed by atoms with Crippen LogP contribution >= 0.6 is 12.2 Å². The summed E-state index contributed by atoms with van der Waals surface area (Å²) in [5.41, 5.74) is -2.02. The van der Waals surface area contributed by atoms with E-state index in [1.54, 1.807) is 12.1 Å². The summed E-state index contributed by atoms with van der Waals surface area (Å²) >= 11 is 5.54. The summed E-state index contributed by atoms with van der Waals surface area (Å²) in [5, 5.41) is 24.4. The van der Waals surface area contributed by atoms with Crippen LogP contribution in [0.25, 0.3) is 0 Å². The maximum Gasteiger partial charge on any atom is 0.417 e. The number of benzene rings is 3. The summed E-state index contributed by atoms with van der Waals surface area (Å²) in [5.74, 6) is -2.02. The lowest BCUT2D eigenvalue weighted by atomic mass is 9.93. The van der Waals surface area contributed by atoms with Crippen molar-refractivity contribution >= 4 is 63.5 Å². The fourth-order valence-corrected chi connectivity index (χ4v) is 7.66. The molecule has 3 aromatic carbocycles. The topological polar surface area (TPSA) is 162 Å². The van der Waals surface area contributed by atoms with Crippen molar-refractivity contribution in [3.63, 3.8) is 0 Å². The normalized spacial score (nSPS) is 18.9. The molecule has 3 aliphatic rings. The molecule has 0 radical (unpaired) electrons. The number of piperazine rings is 1. The smallest absolute Gasteiger partial charge is 0.417 e. The van der Waals surface area contributed by atoms with Gasteiger partial charge < -0.3 is 20.3 Å². The first-order valence-electron chi connectivity index (χ1n) is 18.3. The Labute approximate surface area is 336 Å². The Morgan fingerprint density at radius 1 is 0.948 bits per heavy atom. The molecule has 302 valence electrons. The van der Waals surface area contributed by atoms with Gasteiger partial charge in [0.25, 0.3) is 5.91 Å². The first-order valence-corrected chi connectivity index (χ1v) is 18.7. The van der Waals surface area contributed by atoms with Gasteiger partial charge in [-0.3, -0.25) is 33.9 Å². The second-order valence-electron chi connectivity index (χ2n) is 14.6. The highest BCUT2D eigenvalue weighted by Gasteiger charge is 2.51. The van der Waals surface area contributed by atoms with E-state index in [1.807, 2.05) is 4.90 Å². The van der Waals surface area contributed by atoms with Gasteiger partial charge in [0.15, 0.2) is 22.5 Å². The molecule has 1 saturated carbocycles. The summed E-state index contributed by atoms with van der Waals surface area (Å²) in [7, 11) is 0. The quantitative estimate of drug-likeness (QED) is 0.147. The molecule has 6 rings (SSSR count). The van der Waals surface area contributed by atoms with Crippen LogP contribution in [0.4, 0.5) is 40.3 Å². The number of rotatable bonds is 11. The standard InChI is InChI=1S/C40H38F4N8O5S/c1-39(2)37(56)51(28-4-3-25(22-46)31(18-28)40(42,43)44)38(58)52(39)29-5-8-35(32(41)19-29)57-14-13-49-9-11-50(12-10-49)23-36(55)48-27-16-24(21-45)15-26(17-27)47-33-7-6-30(53)20-34(33)54/h3-5,8,15-19,33,47H,6-7,9-14,20,23H2,1-2H3,(H,48,55). The van der Waals surface area contributed by atoms with Crippen LogP contribution in [-0.4, -0.2) is 95.7 Å². The number of hydrogen-bond acceptors (Lipinski definition) is 11. The van der Waals surface area contributed by atoms with Crippen molar-refractivity contribution in [1.82, 2.24) is 9.80 Å². The average Bonchev–Trinajstić information content (AvgIpc) is 3.35. The van der Waals surface area contributed by atoms with Gasteiger partial charge in [0.1, 0.15) is 17.9 Å². The van der Waals surface area contributed by atoms with Crippen LogP contribution in [-0.2, 0) is 25.4 Å². The van der Waals surface area contributed by atoms with Crippen molar-refractivity contribution in [2.24, 2.45) is 0 Å². The van der Waals surface area contributed by atoms with E-state index in [2.05, 4.69) is 21.6 Å². The predicted molar refractivity (Wildman–Crippen MR) is 209 cm³/mol. The SMILES string of the molecule is CC1(C)C(=O)N(c2ccc(C#N)c(C(F)(F)F)c2)C(=S)N1c1ccc(OCCN2CCN(CC(=O)Nc3cc(C#N)cc(NC4CCC(=O)CC4=O)c3)CC2)c(F)c1. The number of hydrogen-bond donors (Lipinski definition) is 2. The molecular formula is C40H38F4N8O5S. The minimum absolute atomic E-state index is 0.0497. The predicted octanol–water partition coefficient (Wildman–Crippen LogP) is 5.24. The van der Waals surface area contributed by atoms with Crippen molar-refractivity contribution in [3.8, 4) is 17.9 Å². The van der Waals surface area contributed by atoms with Gasteiger partial charge in [0.2, 0.25) is 5.91 Å². The highest BCUT2D eigenvalue weighted by atomic mass is 32.1. The largest absolute Gasteiger partial charge is 0.489 e. The van der Waals surface area contributed by atoms with Gasteiger partial charge in [0.05, 0.1) is 53.5 Å². The molecule has 2 aliphatic heterocycles. The van der Waals surface area contributed by atoms with Crippen LogP contribution in [0.2, 0.25) is 0 Å². The minimum Gasteiger partial charge on any atom is -0.489 e. The highest BCUT2D eigenvalue weighted by Crippen LogP contribution is 2.40. The van der Waals surface area contributed by atoms with E-state index < -0.39 is 40.6 Å². The number of nitriles is 2. The third-order valence-corrected chi connectivity index (χ3v) is 10.5. The number of thiocarbonyl (C=S) groups is 1. The number of nitrogens with zero attached hydrogens (tertiary/aromatic N) is 6. The maximum absolute atomic E-state index is 15.4. The molecule has 0 spiro atoms. The first kappa shape index (κ1) is 41.7. The molecule has 13 nitrogen and oxygen atoms in total. The lowest BCUT2D eigenvalue weighted by Gasteiger charge is -2.34. The van der Waals surface area contributed by atoms with Crippen LogP contribution in [0.1, 0.15) is 49.8 Å². The fourth-order valence-electron chi connectivity index (χ4n) is 7.14.